The predicted molar refractivity (Wildman–Crippen MR) is 61.5 cm³/mol. The maximum absolute atomic E-state index is 11.9. The molecule has 0 unspecified atom stereocenters. The molecular formula is C11H23N3O. The van der Waals surface area contributed by atoms with Gasteiger partial charge in [0.2, 0.25) is 5.91 Å². The monoisotopic (exact) mass is 213 g/mol. The lowest BCUT2D eigenvalue weighted by Gasteiger charge is -2.32. The summed E-state index contributed by atoms with van der Waals surface area (Å²) in [6.45, 7) is 6.42. The van der Waals surface area contributed by atoms with Gasteiger partial charge in [-0.2, -0.15) is 0 Å². The van der Waals surface area contributed by atoms with Crippen molar-refractivity contribution in [1.82, 2.24) is 10.6 Å². The minimum absolute atomic E-state index is 0.133. The quantitative estimate of drug-likeness (QED) is 0.612. The van der Waals surface area contributed by atoms with Gasteiger partial charge >= 0.3 is 0 Å². The molecule has 1 aliphatic heterocycles. The van der Waals surface area contributed by atoms with Crippen molar-refractivity contribution in [2.45, 2.75) is 38.6 Å². The van der Waals surface area contributed by atoms with Crippen LogP contribution in [0.1, 0.15) is 33.1 Å². The van der Waals surface area contributed by atoms with Crippen LogP contribution in [0.3, 0.4) is 0 Å². The number of hydrogen-bond acceptors (Lipinski definition) is 3. The van der Waals surface area contributed by atoms with E-state index in [1.807, 2.05) is 0 Å². The van der Waals surface area contributed by atoms with Crippen LogP contribution in [0.5, 0.6) is 0 Å². The number of amides is 1. The van der Waals surface area contributed by atoms with Crippen molar-refractivity contribution in [1.29, 1.82) is 0 Å². The summed E-state index contributed by atoms with van der Waals surface area (Å²) in [6.07, 6.45) is 2.73. The molecule has 0 spiro atoms. The SMILES string of the molecule is CCC(CC)(CN)NC(=O)[C@H]1CCNC1. The van der Waals surface area contributed by atoms with Crippen LogP contribution in [-0.2, 0) is 4.79 Å². The summed E-state index contributed by atoms with van der Waals surface area (Å²) in [5.41, 5.74) is 5.55. The molecule has 0 aromatic rings. The van der Waals surface area contributed by atoms with Crippen LogP contribution in [0, 0.1) is 5.92 Å². The molecule has 0 saturated carbocycles. The van der Waals surface area contributed by atoms with Gasteiger partial charge in [0, 0.05) is 13.1 Å². The number of hydrogen-bond donors (Lipinski definition) is 3. The van der Waals surface area contributed by atoms with E-state index in [2.05, 4.69) is 24.5 Å². The van der Waals surface area contributed by atoms with Crippen molar-refractivity contribution >= 4 is 5.91 Å². The van der Waals surface area contributed by atoms with Gasteiger partial charge in [-0.05, 0) is 25.8 Å². The van der Waals surface area contributed by atoms with Crippen molar-refractivity contribution in [3.05, 3.63) is 0 Å². The van der Waals surface area contributed by atoms with E-state index in [1.165, 1.54) is 0 Å². The molecule has 88 valence electrons. The Labute approximate surface area is 92.0 Å². The highest BCUT2D eigenvalue weighted by Gasteiger charge is 2.30. The second-order valence-corrected chi connectivity index (χ2v) is 4.37. The molecule has 1 heterocycles. The Balaban J connectivity index is 2.53. The molecule has 4 heteroatoms. The van der Waals surface area contributed by atoms with Crippen LogP contribution in [0.2, 0.25) is 0 Å². The summed E-state index contributed by atoms with van der Waals surface area (Å²) in [7, 11) is 0. The Kier molecular flexibility index (Phi) is 4.54. The van der Waals surface area contributed by atoms with Crippen molar-refractivity contribution in [3.8, 4) is 0 Å². The highest BCUT2D eigenvalue weighted by molar-refractivity contribution is 5.80. The summed E-state index contributed by atoms with van der Waals surface area (Å²) in [5, 5.41) is 6.32. The highest BCUT2D eigenvalue weighted by Crippen LogP contribution is 2.16. The van der Waals surface area contributed by atoms with Crippen LogP contribution in [-0.4, -0.2) is 31.1 Å². The van der Waals surface area contributed by atoms with Crippen LogP contribution in [0.4, 0.5) is 0 Å². The molecule has 4 nitrogen and oxygen atoms in total. The number of nitrogens with two attached hydrogens (primary N) is 1. The van der Waals surface area contributed by atoms with Crippen molar-refractivity contribution in [2.75, 3.05) is 19.6 Å². The summed E-state index contributed by atoms with van der Waals surface area (Å²) in [6, 6.07) is 0. The van der Waals surface area contributed by atoms with E-state index in [9.17, 15) is 4.79 Å². The van der Waals surface area contributed by atoms with Crippen molar-refractivity contribution in [2.24, 2.45) is 11.7 Å². The topological polar surface area (TPSA) is 67.1 Å². The Bertz CT molecular complexity index is 200. The first-order valence-corrected chi connectivity index (χ1v) is 5.90. The van der Waals surface area contributed by atoms with Gasteiger partial charge in [-0.15, -0.1) is 0 Å². The zero-order valence-electron chi connectivity index (χ0n) is 9.81. The van der Waals surface area contributed by atoms with E-state index in [0.717, 1.165) is 32.4 Å². The minimum Gasteiger partial charge on any atom is -0.349 e. The second kappa shape index (κ2) is 5.47. The maximum atomic E-state index is 11.9. The number of carbonyl (C=O) groups is 1. The highest BCUT2D eigenvalue weighted by atomic mass is 16.2. The Morgan fingerprint density at radius 2 is 2.20 bits per heavy atom. The van der Waals surface area contributed by atoms with Gasteiger partial charge in [-0.25, -0.2) is 0 Å². The Morgan fingerprint density at radius 3 is 2.60 bits per heavy atom. The number of rotatable bonds is 5. The Hall–Kier alpha value is -0.610. The van der Waals surface area contributed by atoms with Crippen LogP contribution >= 0.6 is 0 Å². The summed E-state index contributed by atoms with van der Waals surface area (Å²) in [5.74, 6) is 0.295. The molecule has 1 fully saturated rings. The first-order chi connectivity index (χ1) is 7.17. The van der Waals surface area contributed by atoms with E-state index in [0.29, 0.717) is 6.54 Å². The molecule has 0 aliphatic carbocycles. The predicted octanol–water partition coefficient (Wildman–Crippen LogP) is 0.230. The summed E-state index contributed by atoms with van der Waals surface area (Å²) in [4.78, 5) is 11.9. The molecule has 0 aromatic carbocycles. The first-order valence-electron chi connectivity index (χ1n) is 5.90. The van der Waals surface area contributed by atoms with Gasteiger partial charge in [0.1, 0.15) is 0 Å². The van der Waals surface area contributed by atoms with Crippen molar-refractivity contribution in [3.63, 3.8) is 0 Å². The first kappa shape index (κ1) is 12.5. The molecule has 1 rings (SSSR count). The molecular weight excluding hydrogens is 190 g/mol. The fraction of sp³-hybridized carbons (Fsp3) is 0.909. The average Bonchev–Trinajstić information content (AvgIpc) is 2.79. The van der Waals surface area contributed by atoms with Gasteiger partial charge in [-0.3, -0.25) is 4.79 Å². The van der Waals surface area contributed by atoms with E-state index in [1.54, 1.807) is 0 Å². The number of nitrogens with one attached hydrogen (secondary N) is 2. The minimum atomic E-state index is -0.195. The van der Waals surface area contributed by atoms with Gasteiger partial charge in [-0.1, -0.05) is 13.8 Å². The third-order valence-electron chi connectivity index (χ3n) is 3.56. The molecule has 1 aliphatic rings. The molecule has 0 aromatic heterocycles. The number of carbonyl (C=O) groups excluding carboxylic acids is 1. The second-order valence-electron chi connectivity index (χ2n) is 4.37. The lowest BCUT2D eigenvalue weighted by atomic mass is 9.92. The van der Waals surface area contributed by atoms with Crippen LogP contribution in [0.25, 0.3) is 0 Å². The smallest absolute Gasteiger partial charge is 0.224 e. The molecule has 1 amide bonds. The van der Waals surface area contributed by atoms with Gasteiger partial charge in [0.25, 0.3) is 0 Å². The largest absolute Gasteiger partial charge is 0.349 e. The molecule has 4 N–H and O–H groups in total. The van der Waals surface area contributed by atoms with Gasteiger partial charge in [0.15, 0.2) is 0 Å². The molecule has 0 bridgehead atoms. The fourth-order valence-electron chi connectivity index (χ4n) is 2.01. The van der Waals surface area contributed by atoms with Gasteiger partial charge < -0.3 is 16.4 Å². The zero-order valence-corrected chi connectivity index (χ0v) is 9.81. The summed E-state index contributed by atoms with van der Waals surface area (Å²) >= 11 is 0. The molecule has 1 saturated heterocycles. The molecule has 0 radical (unpaired) electrons. The van der Waals surface area contributed by atoms with Gasteiger partial charge in [0.05, 0.1) is 11.5 Å². The third-order valence-corrected chi connectivity index (χ3v) is 3.56. The molecule has 15 heavy (non-hydrogen) atoms. The van der Waals surface area contributed by atoms with E-state index in [4.69, 9.17) is 5.73 Å². The van der Waals surface area contributed by atoms with Crippen LogP contribution < -0.4 is 16.4 Å². The van der Waals surface area contributed by atoms with E-state index < -0.39 is 0 Å². The maximum Gasteiger partial charge on any atom is 0.224 e. The van der Waals surface area contributed by atoms with E-state index >= 15 is 0 Å². The lowest BCUT2D eigenvalue weighted by molar-refractivity contribution is -0.126. The van der Waals surface area contributed by atoms with Crippen LogP contribution in [0.15, 0.2) is 0 Å². The molecule has 1 atom stereocenters. The standard InChI is InChI=1S/C11H23N3O/c1-3-11(4-2,8-12)14-10(15)9-5-6-13-7-9/h9,13H,3-8,12H2,1-2H3,(H,14,15)/t9-/m0/s1. The van der Waals surface area contributed by atoms with Crippen molar-refractivity contribution < 1.29 is 4.79 Å². The normalized spacial score (nSPS) is 21.7. The fourth-order valence-corrected chi connectivity index (χ4v) is 2.01. The zero-order chi connectivity index (χ0) is 11.3. The lowest BCUT2D eigenvalue weighted by Crippen LogP contribution is -2.54. The van der Waals surface area contributed by atoms with E-state index in [-0.39, 0.29) is 17.4 Å². The summed E-state index contributed by atoms with van der Waals surface area (Å²) < 4.78 is 0. The average molecular weight is 213 g/mol. The third kappa shape index (κ3) is 2.92. The Morgan fingerprint density at radius 1 is 1.53 bits per heavy atom.